The average molecular weight is 221 g/mol. The molecule has 0 bridgehead atoms. The van der Waals surface area contributed by atoms with E-state index in [0.717, 1.165) is 13.0 Å². The first-order valence-electron chi connectivity index (χ1n) is 6.01. The molecule has 1 aromatic rings. The van der Waals surface area contributed by atoms with Gasteiger partial charge < -0.3 is 10.5 Å². The van der Waals surface area contributed by atoms with Gasteiger partial charge in [-0.15, -0.1) is 0 Å². The van der Waals surface area contributed by atoms with Crippen LogP contribution in [0.4, 0.5) is 0 Å². The van der Waals surface area contributed by atoms with Crippen LogP contribution in [0.3, 0.4) is 0 Å². The number of nitrogens with two attached hydrogens (primary N) is 1. The van der Waals surface area contributed by atoms with Gasteiger partial charge in [0.25, 0.3) is 0 Å². The molecular formula is C14H23NO. The number of benzene rings is 1. The van der Waals surface area contributed by atoms with Crippen LogP contribution < -0.4 is 5.73 Å². The van der Waals surface area contributed by atoms with E-state index in [0.29, 0.717) is 18.6 Å². The van der Waals surface area contributed by atoms with Crippen molar-refractivity contribution < 1.29 is 4.74 Å². The zero-order valence-electron chi connectivity index (χ0n) is 10.6. The summed E-state index contributed by atoms with van der Waals surface area (Å²) >= 11 is 0. The van der Waals surface area contributed by atoms with Crippen molar-refractivity contribution in [3.63, 3.8) is 0 Å². The van der Waals surface area contributed by atoms with Crippen LogP contribution in [-0.4, -0.2) is 19.3 Å². The van der Waals surface area contributed by atoms with E-state index < -0.39 is 0 Å². The quantitative estimate of drug-likeness (QED) is 0.801. The van der Waals surface area contributed by atoms with Gasteiger partial charge >= 0.3 is 0 Å². The maximum Gasteiger partial charge on any atom is 0.0518 e. The molecule has 1 unspecified atom stereocenters. The van der Waals surface area contributed by atoms with Crippen LogP contribution in [-0.2, 0) is 4.74 Å². The largest absolute Gasteiger partial charge is 0.379 e. The Morgan fingerprint density at radius 1 is 1.19 bits per heavy atom. The summed E-state index contributed by atoms with van der Waals surface area (Å²) < 4.78 is 5.56. The molecule has 2 nitrogen and oxygen atoms in total. The number of rotatable bonds is 6. The van der Waals surface area contributed by atoms with Gasteiger partial charge in [-0.25, -0.2) is 0 Å². The molecule has 90 valence electrons. The SMILES string of the molecule is Cc1ccc(C(CN)CCOC(C)C)cc1. The van der Waals surface area contributed by atoms with E-state index >= 15 is 0 Å². The molecule has 2 heteroatoms. The summed E-state index contributed by atoms with van der Waals surface area (Å²) in [6, 6.07) is 8.62. The second-order valence-corrected chi connectivity index (χ2v) is 4.55. The van der Waals surface area contributed by atoms with Crippen LogP contribution in [0.2, 0.25) is 0 Å². The molecule has 1 aromatic carbocycles. The van der Waals surface area contributed by atoms with Crippen LogP contribution in [0.25, 0.3) is 0 Å². The lowest BCUT2D eigenvalue weighted by molar-refractivity contribution is 0.0737. The summed E-state index contributed by atoms with van der Waals surface area (Å²) in [6.07, 6.45) is 1.30. The van der Waals surface area contributed by atoms with Crippen LogP contribution in [0.1, 0.15) is 37.3 Å². The molecule has 16 heavy (non-hydrogen) atoms. The van der Waals surface area contributed by atoms with Crippen molar-refractivity contribution >= 4 is 0 Å². The predicted octanol–water partition coefficient (Wildman–Crippen LogP) is 2.85. The van der Waals surface area contributed by atoms with Gasteiger partial charge in [0.1, 0.15) is 0 Å². The molecule has 1 rings (SSSR count). The molecule has 0 aliphatic carbocycles. The number of hydrogen-bond acceptors (Lipinski definition) is 2. The molecule has 0 heterocycles. The Hall–Kier alpha value is -0.860. The average Bonchev–Trinajstić information content (AvgIpc) is 2.26. The molecule has 0 spiro atoms. The molecule has 1 atom stereocenters. The summed E-state index contributed by atoms with van der Waals surface area (Å²) in [6.45, 7) is 7.69. The minimum absolute atomic E-state index is 0.302. The highest BCUT2D eigenvalue weighted by molar-refractivity contribution is 5.24. The summed E-state index contributed by atoms with van der Waals surface area (Å²) in [7, 11) is 0. The van der Waals surface area contributed by atoms with Crippen molar-refractivity contribution in [2.45, 2.75) is 39.2 Å². The van der Waals surface area contributed by atoms with Crippen LogP contribution in [0.5, 0.6) is 0 Å². The lowest BCUT2D eigenvalue weighted by Gasteiger charge is -2.16. The van der Waals surface area contributed by atoms with Crippen molar-refractivity contribution in [2.75, 3.05) is 13.2 Å². The Morgan fingerprint density at radius 2 is 1.81 bits per heavy atom. The molecule has 0 amide bonds. The third kappa shape index (κ3) is 4.33. The highest BCUT2D eigenvalue weighted by Gasteiger charge is 2.09. The first kappa shape index (κ1) is 13.2. The summed E-state index contributed by atoms with van der Waals surface area (Å²) in [4.78, 5) is 0. The molecule has 0 fully saturated rings. The summed E-state index contributed by atoms with van der Waals surface area (Å²) in [5.41, 5.74) is 8.41. The van der Waals surface area contributed by atoms with Crippen molar-refractivity contribution in [2.24, 2.45) is 5.73 Å². The second kappa shape index (κ2) is 6.66. The molecule has 0 radical (unpaired) electrons. The van der Waals surface area contributed by atoms with Crippen molar-refractivity contribution in [3.8, 4) is 0 Å². The molecule has 0 aliphatic rings. The Kier molecular flexibility index (Phi) is 5.50. The third-order valence-electron chi connectivity index (χ3n) is 2.75. The van der Waals surface area contributed by atoms with E-state index in [2.05, 4.69) is 45.0 Å². The van der Waals surface area contributed by atoms with Crippen LogP contribution in [0, 0.1) is 6.92 Å². The van der Waals surface area contributed by atoms with Crippen molar-refractivity contribution in [3.05, 3.63) is 35.4 Å². The van der Waals surface area contributed by atoms with Gasteiger partial charge in [0.05, 0.1) is 6.10 Å². The Balaban J connectivity index is 2.50. The first-order chi connectivity index (χ1) is 7.63. The fraction of sp³-hybridized carbons (Fsp3) is 0.571. The van der Waals surface area contributed by atoms with E-state index in [1.807, 2.05) is 0 Å². The number of hydrogen-bond donors (Lipinski definition) is 1. The van der Waals surface area contributed by atoms with E-state index in [4.69, 9.17) is 10.5 Å². The monoisotopic (exact) mass is 221 g/mol. The topological polar surface area (TPSA) is 35.2 Å². The van der Waals surface area contributed by atoms with Crippen molar-refractivity contribution in [1.82, 2.24) is 0 Å². The molecule has 0 saturated carbocycles. The number of aryl methyl sites for hydroxylation is 1. The van der Waals surface area contributed by atoms with E-state index in [-0.39, 0.29) is 0 Å². The van der Waals surface area contributed by atoms with E-state index in [1.165, 1.54) is 11.1 Å². The lowest BCUT2D eigenvalue weighted by atomic mass is 9.95. The predicted molar refractivity (Wildman–Crippen MR) is 68.7 cm³/mol. The fourth-order valence-electron chi connectivity index (χ4n) is 1.71. The minimum Gasteiger partial charge on any atom is -0.379 e. The van der Waals surface area contributed by atoms with Gasteiger partial charge in [0.15, 0.2) is 0 Å². The van der Waals surface area contributed by atoms with E-state index in [1.54, 1.807) is 0 Å². The minimum atomic E-state index is 0.302. The highest BCUT2D eigenvalue weighted by Crippen LogP contribution is 2.19. The summed E-state index contributed by atoms with van der Waals surface area (Å²) in [5.74, 6) is 0.416. The van der Waals surface area contributed by atoms with Gasteiger partial charge in [0, 0.05) is 6.61 Å². The zero-order chi connectivity index (χ0) is 12.0. The molecular weight excluding hydrogens is 198 g/mol. The Bertz CT molecular complexity index is 292. The first-order valence-corrected chi connectivity index (χ1v) is 6.01. The second-order valence-electron chi connectivity index (χ2n) is 4.55. The summed E-state index contributed by atoms with van der Waals surface area (Å²) in [5, 5.41) is 0. The molecule has 0 saturated heterocycles. The highest BCUT2D eigenvalue weighted by atomic mass is 16.5. The standard InChI is InChI=1S/C14H23NO/c1-11(2)16-9-8-14(10-15)13-6-4-12(3)5-7-13/h4-7,11,14H,8-10,15H2,1-3H3. The van der Waals surface area contributed by atoms with Gasteiger partial charge in [-0.1, -0.05) is 29.8 Å². The van der Waals surface area contributed by atoms with E-state index in [9.17, 15) is 0 Å². The van der Waals surface area contributed by atoms with Gasteiger partial charge in [-0.2, -0.15) is 0 Å². The Labute approximate surface area is 98.8 Å². The van der Waals surface area contributed by atoms with Crippen LogP contribution >= 0.6 is 0 Å². The maximum absolute atomic E-state index is 5.80. The maximum atomic E-state index is 5.80. The fourth-order valence-corrected chi connectivity index (χ4v) is 1.71. The van der Waals surface area contributed by atoms with Gasteiger partial charge in [-0.05, 0) is 45.2 Å². The van der Waals surface area contributed by atoms with Gasteiger partial charge in [-0.3, -0.25) is 0 Å². The molecule has 0 aromatic heterocycles. The van der Waals surface area contributed by atoms with Crippen LogP contribution in [0.15, 0.2) is 24.3 Å². The molecule has 2 N–H and O–H groups in total. The lowest BCUT2D eigenvalue weighted by Crippen LogP contribution is -2.16. The number of ether oxygens (including phenoxy) is 1. The Morgan fingerprint density at radius 3 is 2.31 bits per heavy atom. The smallest absolute Gasteiger partial charge is 0.0518 e. The van der Waals surface area contributed by atoms with Gasteiger partial charge in [0.2, 0.25) is 0 Å². The molecule has 0 aliphatic heterocycles. The van der Waals surface area contributed by atoms with Crippen molar-refractivity contribution in [1.29, 1.82) is 0 Å². The zero-order valence-corrected chi connectivity index (χ0v) is 10.6. The third-order valence-corrected chi connectivity index (χ3v) is 2.75. The normalized spacial score (nSPS) is 13.1.